The number of rotatable bonds is 6. The van der Waals surface area contributed by atoms with Gasteiger partial charge in [0.2, 0.25) is 0 Å². The van der Waals surface area contributed by atoms with Crippen LogP contribution in [0.15, 0.2) is 29.1 Å². The second-order valence-corrected chi connectivity index (χ2v) is 7.13. The molecule has 150 valence electrons. The van der Waals surface area contributed by atoms with Gasteiger partial charge < -0.3 is 5.32 Å². The molecule has 0 bridgehead atoms. The van der Waals surface area contributed by atoms with E-state index >= 15 is 0 Å². The monoisotopic (exact) mass is 405 g/mol. The Labute approximate surface area is 169 Å². The van der Waals surface area contributed by atoms with Gasteiger partial charge in [0.05, 0.1) is 0 Å². The van der Waals surface area contributed by atoms with Gasteiger partial charge in [0, 0.05) is 25.6 Å². The normalized spacial score (nSPS) is 15.3. The van der Waals surface area contributed by atoms with Gasteiger partial charge in [-0.15, -0.1) is 12.4 Å². The summed E-state index contributed by atoms with van der Waals surface area (Å²) in [4.78, 5) is 22.4. The number of hydrogen-bond donors (Lipinski definition) is 1. The molecule has 0 amide bonds. The molecule has 1 aromatic carbocycles. The summed E-state index contributed by atoms with van der Waals surface area (Å²) in [6.07, 6.45) is 3.25. The van der Waals surface area contributed by atoms with E-state index in [1.807, 2.05) is 13.0 Å². The zero-order valence-corrected chi connectivity index (χ0v) is 16.9. The first kappa shape index (κ1) is 20.3. The quantitative estimate of drug-likeness (QED) is 0.681. The van der Waals surface area contributed by atoms with Crippen LogP contribution in [0.2, 0.25) is 0 Å². The lowest BCUT2D eigenvalue weighted by Crippen LogP contribution is -2.32. The van der Waals surface area contributed by atoms with Crippen LogP contribution < -0.4 is 11.0 Å². The number of aromatic nitrogens is 4. The Morgan fingerprint density at radius 3 is 2.79 bits per heavy atom. The number of aryl methyl sites for hydroxylation is 1. The molecule has 1 N–H and O–H groups in total. The van der Waals surface area contributed by atoms with Crippen LogP contribution in [0.3, 0.4) is 0 Å². The molecule has 3 heterocycles. The van der Waals surface area contributed by atoms with Gasteiger partial charge in [-0.3, -0.25) is 9.13 Å². The molecule has 3 aliphatic heterocycles. The van der Waals surface area contributed by atoms with E-state index in [0.29, 0.717) is 25.3 Å². The fraction of sp³-hybridized carbons (Fsp3) is 0.450. The van der Waals surface area contributed by atoms with Crippen LogP contribution in [0.5, 0.6) is 0 Å². The summed E-state index contributed by atoms with van der Waals surface area (Å²) in [5.74, 6) is 1.93. The van der Waals surface area contributed by atoms with Gasteiger partial charge in [-0.05, 0) is 37.0 Å². The number of anilines is 1. The molecule has 1 aromatic rings. The maximum Gasteiger partial charge on any atom is 0.331 e. The number of benzene rings is 1. The molecule has 28 heavy (non-hydrogen) atoms. The third kappa shape index (κ3) is 3.63. The van der Waals surface area contributed by atoms with Crippen LogP contribution >= 0.6 is 12.4 Å². The Bertz CT molecular complexity index is 999. The second kappa shape index (κ2) is 8.31. The Hall–Kier alpha value is -2.41. The van der Waals surface area contributed by atoms with Gasteiger partial charge >= 0.3 is 5.69 Å². The summed E-state index contributed by atoms with van der Waals surface area (Å²) in [7, 11) is 0. The van der Waals surface area contributed by atoms with E-state index in [2.05, 4.69) is 17.2 Å². The molecule has 8 heteroatoms. The fourth-order valence-corrected chi connectivity index (χ4v) is 3.79. The van der Waals surface area contributed by atoms with Crippen molar-refractivity contribution in [2.24, 2.45) is 0 Å². The smallest absolute Gasteiger partial charge is 0.331 e. The lowest BCUT2D eigenvalue weighted by Gasteiger charge is -2.13. The summed E-state index contributed by atoms with van der Waals surface area (Å²) < 4.78 is 17.0. The molecular formula is C20H25ClFN5O. The van der Waals surface area contributed by atoms with E-state index in [9.17, 15) is 9.18 Å². The highest BCUT2D eigenvalue weighted by molar-refractivity contribution is 5.85. The highest BCUT2D eigenvalue weighted by atomic mass is 35.5. The third-order valence-corrected chi connectivity index (χ3v) is 4.94. The van der Waals surface area contributed by atoms with Gasteiger partial charge in [0.15, 0.2) is 5.82 Å². The van der Waals surface area contributed by atoms with Gasteiger partial charge in [0.1, 0.15) is 23.2 Å². The zero-order valence-electron chi connectivity index (χ0n) is 16.1. The first-order valence-electron chi connectivity index (χ1n) is 9.61. The van der Waals surface area contributed by atoms with Crippen molar-refractivity contribution in [3.63, 3.8) is 0 Å². The summed E-state index contributed by atoms with van der Waals surface area (Å²) >= 11 is 0. The third-order valence-electron chi connectivity index (χ3n) is 4.94. The summed E-state index contributed by atoms with van der Waals surface area (Å²) in [6, 6.07) is 6.63. The van der Waals surface area contributed by atoms with Gasteiger partial charge in [-0.25, -0.2) is 19.2 Å². The number of nitrogens with one attached hydrogen (secondary N) is 1. The van der Waals surface area contributed by atoms with Crippen LogP contribution in [-0.4, -0.2) is 25.1 Å². The van der Waals surface area contributed by atoms with Crippen molar-refractivity contribution in [3.05, 3.63) is 52.0 Å². The molecule has 0 aliphatic carbocycles. The van der Waals surface area contributed by atoms with Crippen LogP contribution in [0.4, 0.5) is 10.2 Å². The molecular weight excluding hydrogens is 381 g/mol. The Kier molecular flexibility index (Phi) is 6.03. The van der Waals surface area contributed by atoms with Crippen LogP contribution in [0, 0.1) is 5.82 Å². The van der Waals surface area contributed by atoms with Gasteiger partial charge in [0.25, 0.3) is 0 Å². The molecule has 0 radical (unpaired) electrons. The van der Waals surface area contributed by atoms with E-state index < -0.39 is 0 Å². The molecule has 0 saturated carbocycles. The van der Waals surface area contributed by atoms with Gasteiger partial charge in [-0.2, -0.15) is 0 Å². The minimum absolute atomic E-state index is 0. The number of halogens is 2. The van der Waals surface area contributed by atoms with E-state index in [1.54, 1.807) is 21.3 Å². The van der Waals surface area contributed by atoms with Crippen LogP contribution in [0.1, 0.15) is 38.1 Å². The van der Waals surface area contributed by atoms with Crippen molar-refractivity contribution < 1.29 is 4.39 Å². The molecule has 1 unspecified atom stereocenters. The van der Waals surface area contributed by atoms with E-state index in [0.717, 1.165) is 42.2 Å². The predicted molar refractivity (Wildman–Crippen MR) is 110 cm³/mol. The van der Waals surface area contributed by atoms with Crippen LogP contribution in [-0.2, 0) is 25.9 Å². The average Bonchev–Trinajstić information content (AvgIpc) is 3.23. The van der Waals surface area contributed by atoms with Crippen molar-refractivity contribution in [2.75, 3.05) is 5.32 Å². The lowest BCUT2D eigenvalue weighted by atomic mass is 10.1. The van der Waals surface area contributed by atoms with Crippen molar-refractivity contribution in [2.45, 2.75) is 58.7 Å². The van der Waals surface area contributed by atoms with Gasteiger partial charge in [-0.1, -0.05) is 26.0 Å². The average molecular weight is 406 g/mol. The summed E-state index contributed by atoms with van der Waals surface area (Å²) in [6.45, 7) is 5.30. The number of imidazole rings is 1. The van der Waals surface area contributed by atoms with E-state index in [1.165, 1.54) is 6.07 Å². The molecule has 0 spiro atoms. The first-order valence-corrected chi connectivity index (χ1v) is 9.61. The molecule has 4 rings (SSSR count). The Balaban J connectivity index is 0.00000225. The van der Waals surface area contributed by atoms with E-state index in [4.69, 9.17) is 4.98 Å². The molecule has 0 aromatic heterocycles. The largest absolute Gasteiger partial charge is 0.365 e. The summed E-state index contributed by atoms with van der Waals surface area (Å²) in [5.41, 5.74) is 1.61. The van der Waals surface area contributed by atoms with Crippen molar-refractivity contribution in [1.82, 2.24) is 19.1 Å². The zero-order chi connectivity index (χ0) is 19.0. The maximum atomic E-state index is 13.5. The highest BCUT2D eigenvalue weighted by Crippen LogP contribution is 2.31. The highest BCUT2D eigenvalue weighted by Gasteiger charge is 2.31. The molecule has 6 nitrogen and oxygen atoms in total. The fourth-order valence-electron chi connectivity index (χ4n) is 3.79. The number of hydrogen-bond acceptors (Lipinski definition) is 4. The standard InChI is InChI=1S/C20H24FN5O.ClH/c1-3-6-16-23-17-18-22-15(11-13-7-5-8-14(21)10-13)12-26(18)20(27)25(9-4-2)19(17)24-16;/h5,7-8,10,15,22H,3-4,6,9,11-12H2,1-2H3;1H. The first-order chi connectivity index (χ1) is 13.1. The van der Waals surface area contributed by atoms with Crippen molar-refractivity contribution in [1.29, 1.82) is 0 Å². The predicted octanol–water partition coefficient (Wildman–Crippen LogP) is 3.50. The minimum Gasteiger partial charge on any atom is -0.365 e. The van der Waals surface area contributed by atoms with Crippen molar-refractivity contribution in [3.8, 4) is 11.5 Å². The minimum atomic E-state index is -0.241. The maximum absolute atomic E-state index is 13.5. The lowest BCUT2D eigenvalue weighted by molar-refractivity contribution is 0.559. The second-order valence-electron chi connectivity index (χ2n) is 7.13. The summed E-state index contributed by atoms with van der Waals surface area (Å²) in [5, 5.41) is 3.44. The molecule has 1 atom stereocenters. The number of nitrogens with zero attached hydrogens (tertiary/aromatic N) is 4. The SMILES string of the molecule is CCCc1nc2c3n(c(=O)n(CCC)c-2n1)CC(Cc1cccc(F)c1)N3.Cl. The topological polar surface area (TPSA) is 64.7 Å². The Morgan fingerprint density at radius 1 is 1.25 bits per heavy atom. The van der Waals surface area contributed by atoms with Crippen LogP contribution in [0.25, 0.3) is 11.5 Å². The molecule has 0 saturated heterocycles. The Morgan fingerprint density at radius 2 is 2.07 bits per heavy atom. The molecule has 0 fully saturated rings. The number of fused-ring (bicyclic) bond motifs is 3. The molecule has 3 aliphatic rings. The van der Waals surface area contributed by atoms with E-state index in [-0.39, 0.29) is 30.0 Å². The van der Waals surface area contributed by atoms with Crippen molar-refractivity contribution >= 4 is 18.2 Å².